The van der Waals surface area contributed by atoms with Gasteiger partial charge in [0.2, 0.25) is 0 Å². The van der Waals surface area contributed by atoms with Crippen LogP contribution in [0.4, 0.5) is 5.69 Å². The summed E-state index contributed by atoms with van der Waals surface area (Å²) in [5.41, 5.74) is 2.41. The van der Waals surface area contributed by atoms with Crippen LogP contribution in [-0.4, -0.2) is 24.1 Å². The molecule has 4 nitrogen and oxygen atoms in total. The molecule has 1 aromatic rings. The fourth-order valence-electron chi connectivity index (χ4n) is 1.41. The van der Waals surface area contributed by atoms with Crippen molar-refractivity contribution in [3.8, 4) is 0 Å². The van der Waals surface area contributed by atoms with E-state index in [2.05, 4.69) is 41.9 Å². The Labute approximate surface area is 110 Å². The molecule has 0 fully saturated rings. The highest BCUT2D eigenvalue weighted by atomic mass is 16.5. The summed E-state index contributed by atoms with van der Waals surface area (Å²) in [6.07, 6.45) is 4.16. The number of anilines is 1. The van der Waals surface area contributed by atoms with E-state index in [1.807, 2.05) is 12.3 Å². The Morgan fingerprint density at radius 2 is 2.17 bits per heavy atom. The number of fused-ring (bicyclic) bond motifs is 1. The standard InChI is InChI=1S/C8H10N2.C3H6O2.C3H8/c1-6-5-8-7(10-6)3-2-4-9-8;1-2-5-3-4;1-3-2/h2-4,6,10H,5H2,1H3;3H,2H2,1H3;3H2,1-2H3. The number of nitrogens with one attached hydrogen (secondary N) is 1. The summed E-state index contributed by atoms with van der Waals surface area (Å²) in [6, 6.07) is 4.60. The third kappa shape index (κ3) is 6.89. The molecule has 1 aliphatic rings. The van der Waals surface area contributed by atoms with Gasteiger partial charge in [0.15, 0.2) is 0 Å². The first-order chi connectivity index (χ1) is 8.69. The van der Waals surface area contributed by atoms with Crippen molar-refractivity contribution in [2.45, 2.75) is 46.6 Å². The maximum atomic E-state index is 9.18. The van der Waals surface area contributed by atoms with Gasteiger partial charge in [0.05, 0.1) is 18.0 Å². The molecule has 0 spiro atoms. The lowest BCUT2D eigenvalue weighted by Crippen LogP contribution is -2.08. The van der Waals surface area contributed by atoms with Crippen molar-refractivity contribution in [1.82, 2.24) is 4.98 Å². The minimum atomic E-state index is 0.431. The molecule has 0 amide bonds. The summed E-state index contributed by atoms with van der Waals surface area (Å²) in [4.78, 5) is 13.4. The lowest BCUT2D eigenvalue weighted by atomic mass is 10.2. The summed E-state index contributed by atoms with van der Waals surface area (Å²) in [5.74, 6) is 0. The first-order valence-corrected chi connectivity index (χ1v) is 6.45. The normalized spacial score (nSPS) is 15.0. The number of carbonyl (C=O) groups is 1. The predicted molar refractivity (Wildman–Crippen MR) is 74.7 cm³/mol. The maximum Gasteiger partial charge on any atom is 0.293 e. The van der Waals surface area contributed by atoms with E-state index in [9.17, 15) is 4.79 Å². The van der Waals surface area contributed by atoms with Gasteiger partial charge in [-0.25, -0.2) is 0 Å². The number of rotatable bonds is 2. The van der Waals surface area contributed by atoms with Gasteiger partial charge in [0.25, 0.3) is 6.47 Å². The zero-order chi connectivity index (χ0) is 13.8. The average molecular weight is 252 g/mol. The molecule has 2 heterocycles. The van der Waals surface area contributed by atoms with Crippen molar-refractivity contribution in [2.75, 3.05) is 11.9 Å². The number of carbonyl (C=O) groups excluding carboxylic acids is 1. The van der Waals surface area contributed by atoms with E-state index >= 15 is 0 Å². The molecule has 18 heavy (non-hydrogen) atoms. The number of hydrogen-bond acceptors (Lipinski definition) is 4. The molecule has 0 radical (unpaired) electrons. The molecular weight excluding hydrogens is 228 g/mol. The van der Waals surface area contributed by atoms with Gasteiger partial charge >= 0.3 is 0 Å². The highest BCUT2D eigenvalue weighted by Gasteiger charge is 2.15. The minimum Gasteiger partial charge on any atom is -0.468 e. The first kappa shape index (κ1) is 16.4. The van der Waals surface area contributed by atoms with Gasteiger partial charge in [-0.2, -0.15) is 0 Å². The van der Waals surface area contributed by atoms with Crippen LogP contribution in [0, 0.1) is 0 Å². The van der Waals surface area contributed by atoms with E-state index < -0.39 is 0 Å². The van der Waals surface area contributed by atoms with E-state index in [0.29, 0.717) is 19.1 Å². The molecule has 0 bridgehead atoms. The highest BCUT2D eigenvalue weighted by Crippen LogP contribution is 2.21. The molecule has 0 saturated heterocycles. The fourth-order valence-corrected chi connectivity index (χ4v) is 1.41. The molecular formula is C14H24N2O2. The lowest BCUT2D eigenvalue weighted by molar-refractivity contribution is -0.128. The quantitative estimate of drug-likeness (QED) is 0.822. The smallest absolute Gasteiger partial charge is 0.293 e. The molecule has 4 heteroatoms. The second kappa shape index (κ2) is 10.6. The van der Waals surface area contributed by atoms with Crippen LogP contribution >= 0.6 is 0 Å². The molecule has 102 valence electrons. The van der Waals surface area contributed by atoms with Crippen LogP contribution in [0.2, 0.25) is 0 Å². The predicted octanol–water partition coefficient (Wildman–Crippen LogP) is 3.03. The van der Waals surface area contributed by atoms with E-state index in [4.69, 9.17) is 0 Å². The van der Waals surface area contributed by atoms with Crippen molar-refractivity contribution in [2.24, 2.45) is 0 Å². The Morgan fingerprint density at radius 3 is 2.61 bits per heavy atom. The summed E-state index contributed by atoms with van der Waals surface area (Å²) in [6.45, 7) is 9.08. The molecule has 1 atom stereocenters. The third-order valence-electron chi connectivity index (χ3n) is 2.03. The first-order valence-electron chi connectivity index (χ1n) is 6.45. The van der Waals surface area contributed by atoms with Crippen LogP contribution in [0.1, 0.15) is 39.8 Å². The summed E-state index contributed by atoms with van der Waals surface area (Å²) >= 11 is 0. The van der Waals surface area contributed by atoms with Crippen molar-refractivity contribution < 1.29 is 9.53 Å². The van der Waals surface area contributed by atoms with Gasteiger partial charge in [-0.05, 0) is 26.0 Å². The van der Waals surface area contributed by atoms with Crippen molar-refractivity contribution in [1.29, 1.82) is 0 Å². The SMILES string of the molecule is CC1Cc2ncccc2N1.CCC.CCOC=O. The van der Waals surface area contributed by atoms with Crippen LogP contribution in [-0.2, 0) is 16.0 Å². The Hall–Kier alpha value is -1.58. The largest absolute Gasteiger partial charge is 0.468 e. The number of aromatic nitrogens is 1. The lowest BCUT2D eigenvalue weighted by Gasteiger charge is -1.99. The molecule has 2 rings (SSSR count). The van der Waals surface area contributed by atoms with Crippen LogP contribution < -0.4 is 5.32 Å². The highest BCUT2D eigenvalue weighted by molar-refractivity contribution is 5.52. The second-order valence-corrected chi connectivity index (χ2v) is 4.01. The topological polar surface area (TPSA) is 51.2 Å². The summed E-state index contributed by atoms with van der Waals surface area (Å²) in [7, 11) is 0. The van der Waals surface area contributed by atoms with E-state index in [0.717, 1.165) is 6.42 Å². The Kier molecular flexibility index (Phi) is 9.64. The van der Waals surface area contributed by atoms with Gasteiger partial charge < -0.3 is 10.1 Å². The zero-order valence-electron chi connectivity index (χ0n) is 11.8. The molecule has 0 aromatic carbocycles. The Morgan fingerprint density at radius 1 is 1.50 bits per heavy atom. The molecule has 0 saturated carbocycles. The van der Waals surface area contributed by atoms with Gasteiger partial charge in [-0.1, -0.05) is 20.3 Å². The zero-order valence-corrected chi connectivity index (χ0v) is 11.8. The summed E-state index contributed by atoms with van der Waals surface area (Å²) in [5, 5.41) is 3.33. The van der Waals surface area contributed by atoms with Crippen LogP contribution in [0.5, 0.6) is 0 Å². The van der Waals surface area contributed by atoms with Crippen LogP contribution in [0.15, 0.2) is 18.3 Å². The number of nitrogens with zero attached hydrogens (tertiary/aromatic N) is 1. The van der Waals surface area contributed by atoms with Gasteiger partial charge in [-0.15, -0.1) is 0 Å². The average Bonchev–Trinajstić information content (AvgIpc) is 2.72. The van der Waals surface area contributed by atoms with Gasteiger partial charge in [0, 0.05) is 18.7 Å². The maximum absolute atomic E-state index is 9.18. The molecule has 1 N–H and O–H groups in total. The van der Waals surface area contributed by atoms with E-state index in [1.54, 1.807) is 6.92 Å². The number of pyridine rings is 1. The monoisotopic (exact) mass is 252 g/mol. The molecule has 1 aromatic heterocycles. The van der Waals surface area contributed by atoms with Crippen molar-refractivity contribution >= 4 is 12.2 Å². The Balaban J connectivity index is 0.000000309. The fraction of sp³-hybridized carbons (Fsp3) is 0.571. The van der Waals surface area contributed by atoms with E-state index in [1.165, 1.54) is 17.8 Å². The number of hydrogen-bond donors (Lipinski definition) is 1. The molecule has 1 aliphatic heterocycles. The summed E-state index contributed by atoms with van der Waals surface area (Å²) < 4.78 is 4.15. The second-order valence-electron chi connectivity index (χ2n) is 4.01. The van der Waals surface area contributed by atoms with E-state index in [-0.39, 0.29) is 0 Å². The third-order valence-corrected chi connectivity index (χ3v) is 2.03. The van der Waals surface area contributed by atoms with Crippen molar-refractivity contribution in [3.63, 3.8) is 0 Å². The molecule has 1 unspecified atom stereocenters. The molecule has 0 aliphatic carbocycles. The van der Waals surface area contributed by atoms with Gasteiger partial charge in [0.1, 0.15) is 0 Å². The number of ether oxygens (including phenoxy) is 1. The van der Waals surface area contributed by atoms with Crippen LogP contribution in [0.25, 0.3) is 0 Å². The van der Waals surface area contributed by atoms with Crippen molar-refractivity contribution in [3.05, 3.63) is 24.0 Å². The minimum absolute atomic E-state index is 0.431. The Bertz CT molecular complexity index is 304. The van der Waals surface area contributed by atoms with Gasteiger partial charge in [-0.3, -0.25) is 9.78 Å². The van der Waals surface area contributed by atoms with Crippen LogP contribution in [0.3, 0.4) is 0 Å².